The minimum Gasteiger partial charge on any atom is -0.316 e. The predicted molar refractivity (Wildman–Crippen MR) is 69.8 cm³/mol. The molecule has 2 aromatic heterocycles. The highest BCUT2D eigenvalue weighted by molar-refractivity contribution is 5.39. The van der Waals surface area contributed by atoms with E-state index < -0.39 is 0 Å². The van der Waals surface area contributed by atoms with Crippen LogP contribution < -0.4 is 10.9 Å². The van der Waals surface area contributed by atoms with Gasteiger partial charge >= 0.3 is 0 Å². The van der Waals surface area contributed by atoms with E-state index in [0.717, 1.165) is 48.9 Å². The molecule has 2 N–H and O–H groups in total. The van der Waals surface area contributed by atoms with Crippen molar-refractivity contribution in [2.24, 2.45) is 5.92 Å². The van der Waals surface area contributed by atoms with Crippen LogP contribution in [0.4, 0.5) is 0 Å². The minimum atomic E-state index is -0.0207. The van der Waals surface area contributed by atoms with Gasteiger partial charge in [0.2, 0.25) is 0 Å². The summed E-state index contributed by atoms with van der Waals surface area (Å²) in [7, 11) is 0. The lowest BCUT2D eigenvalue weighted by Crippen LogP contribution is -2.16. The number of aryl methyl sites for hydroxylation is 2. The molecule has 0 spiro atoms. The summed E-state index contributed by atoms with van der Waals surface area (Å²) in [4.78, 5) is 16.4. The lowest BCUT2D eigenvalue weighted by atomic mass is 10.0. The van der Waals surface area contributed by atoms with E-state index in [2.05, 4.69) is 15.4 Å². The third kappa shape index (κ3) is 2.18. The second-order valence-corrected chi connectivity index (χ2v) is 5.12. The summed E-state index contributed by atoms with van der Waals surface area (Å²) in [6.45, 7) is 4.15. The molecule has 1 fully saturated rings. The van der Waals surface area contributed by atoms with Crippen LogP contribution >= 0.6 is 0 Å². The maximum absolute atomic E-state index is 11.9. The number of hydrogen-bond acceptors (Lipinski definition) is 3. The quantitative estimate of drug-likeness (QED) is 0.845. The first kappa shape index (κ1) is 11.5. The SMILES string of the molecule is Cc1cc2nc(CCC3CCNC3)cc(=O)n2[nH]1. The standard InChI is InChI=1S/C13H18N4O/c1-9-6-12-15-11(7-13(18)17(12)16-9)3-2-10-4-5-14-8-10/h6-7,10,14,16H,2-5,8H2,1H3. The third-order valence-electron chi connectivity index (χ3n) is 3.60. The molecule has 1 saturated heterocycles. The number of aromatic amines is 1. The zero-order chi connectivity index (χ0) is 12.5. The van der Waals surface area contributed by atoms with E-state index in [9.17, 15) is 4.79 Å². The average Bonchev–Trinajstić information content (AvgIpc) is 2.94. The molecular formula is C13H18N4O. The molecule has 1 aliphatic rings. The van der Waals surface area contributed by atoms with Crippen LogP contribution in [-0.2, 0) is 6.42 Å². The van der Waals surface area contributed by atoms with Gasteiger partial charge in [-0.25, -0.2) is 9.50 Å². The predicted octanol–water partition coefficient (Wildman–Crippen LogP) is 0.873. The van der Waals surface area contributed by atoms with Crippen LogP contribution in [0.2, 0.25) is 0 Å². The molecule has 2 aromatic rings. The van der Waals surface area contributed by atoms with Crippen molar-refractivity contribution >= 4 is 5.65 Å². The first-order chi connectivity index (χ1) is 8.72. The molecule has 0 saturated carbocycles. The van der Waals surface area contributed by atoms with E-state index >= 15 is 0 Å². The fraction of sp³-hybridized carbons (Fsp3) is 0.538. The normalized spacial score (nSPS) is 19.7. The van der Waals surface area contributed by atoms with Gasteiger partial charge in [0.25, 0.3) is 5.56 Å². The topological polar surface area (TPSA) is 62.2 Å². The Balaban J connectivity index is 1.81. The van der Waals surface area contributed by atoms with E-state index in [-0.39, 0.29) is 5.56 Å². The van der Waals surface area contributed by atoms with E-state index in [1.165, 1.54) is 10.9 Å². The molecule has 96 valence electrons. The first-order valence-corrected chi connectivity index (χ1v) is 6.51. The Kier molecular flexibility index (Phi) is 2.91. The van der Waals surface area contributed by atoms with Gasteiger partial charge in [0.05, 0.1) is 0 Å². The summed E-state index contributed by atoms with van der Waals surface area (Å²) in [5, 5.41) is 6.34. The number of fused-ring (bicyclic) bond motifs is 1. The molecule has 18 heavy (non-hydrogen) atoms. The van der Waals surface area contributed by atoms with Crippen molar-refractivity contribution in [1.29, 1.82) is 0 Å². The molecule has 0 aliphatic carbocycles. The molecule has 0 radical (unpaired) electrons. The van der Waals surface area contributed by atoms with Crippen molar-refractivity contribution in [2.75, 3.05) is 13.1 Å². The zero-order valence-corrected chi connectivity index (χ0v) is 10.6. The van der Waals surface area contributed by atoms with Crippen LogP contribution in [0.25, 0.3) is 5.65 Å². The smallest absolute Gasteiger partial charge is 0.272 e. The number of aromatic nitrogens is 3. The maximum Gasteiger partial charge on any atom is 0.272 e. The Hall–Kier alpha value is -1.62. The molecule has 1 unspecified atom stereocenters. The molecule has 0 aromatic carbocycles. The van der Waals surface area contributed by atoms with Crippen molar-refractivity contribution in [1.82, 2.24) is 19.9 Å². The molecule has 1 atom stereocenters. The largest absolute Gasteiger partial charge is 0.316 e. The molecule has 0 amide bonds. The van der Waals surface area contributed by atoms with Gasteiger partial charge < -0.3 is 5.32 Å². The Labute approximate surface area is 105 Å². The second kappa shape index (κ2) is 4.57. The van der Waals surface area contributed by atoms with E-state index in [4.69, 9.17) is 0 Å². The van der Waals surface area contributed by atoms with Crippen LogP contribution in [-0.4, -0.2) is 27.7 Å². The minimum absolute atomic E-state index is 0.0207. The first-order valence-electron chi connectivity index (χ1n) is 6.51. The van der Waals surface area contributed by atoms with Crippen molar-refractivity contribution in [3.8, 4) is 0 Å². The van der Waals surface area contributed by atoms with Gasteiger partial charge in [0.1, 0.15) is 0 Å². The van der Waals surface area contributed by atoms with Crippen LogP contribution in [0.15, 0.2) is 16.9 Å². The molecule has 3 heterocycles. The summed E-state index contributed by atoms with van der Waals surface area (Å²) in [5.41, 5.74) is 2.56. The number of nitrogens with zero attached hydrogens (tertiary/aromatic N) is 2. The summed E-state index contributed by atoms with van der Waals surface area (Å²) < 4.78 is 1.50. The second-order valence-electron chi connectivity index (χ2n) is 5.12. The number of nitrogens with one attached hydrogen (secondary N) is 2. The van der Waals surface area contributed by atoms with E-state index in [1.54, 1.807) is 6.07 Å². The van der Waals surface area contributed by atoms with E-state index in [0.29, 0.717) is 0 Å². The zero-order valence-electron chi connectivity index (χ0n) is 10.6. The highest BCUT2D eigenvalue weighted by Gasteiger charge is 2.14. The van der Waals surface area contributed by atoms with Gasteiger partial charge in [-0.15, -0.1) is 0 Å². The monoisotopic (exact) mass is 246 g/mol. The van der Waals surface area contributed by atoms with E-state index in [1.807, 2.05) is 13.0 Å². The molecule has 5 heteroatoms. The van der Waals surface area contributed by atoms with Crippen LogP contribution in [0.5, 0.6) is 0 Å². The summed E-state index contributed by atoms with van der Waals surface area (Å²) in [5.74, 6) is 0.734. The van der Waals surface area contributed by atoms with Gasteiger partial charge in [0, 0.05) is 23.5 Å². The highest BCUT2D eigenvalue weighted by atomic mass is 16.1. The van der Waals surface area contributed by atoms with Gasteiger partial charge in [-0.1, -0.05) is 0 Å². The molecular weight excluding hydrogens is 228 g/mol. The van der Waals surface area contributed by atoms with Crippen LogP contribution in [0.1, 0.15) is 24.2 Å². The van der Waals surface area contributed by atoms with Gasteiger partial charge in [-0.2, -0.15) is 0 Å². The summed E-state index contributed by atoms with van der Waals surface area (Å²) in [6, 6.07) is 3.55. The van der Waals surface area contributed by atoms with Crippen molar-refractivity contribution in [3.63, 3.8) is 0 Å². The average molecular weight is 246 g/mol. The Morgan fingerprint density at radius 3 is 3.17 bits per heavy atom. The lowest BCUT2D eigenvalue weighted by Gasteiger charge is -2.07. The Morgan fingerprint density at radius 2 is 2.39 bits per heavy atom. The van der Waals surface area contributed by atoms with Gasteiger partial charge in [-0.3, -0.25) is 9.89 Å². The van der Waals surface area contributed by atoms with Crippen molar-refractivity contribution < 1.29 is 0 Å². The fourth-order valence-electron chi connectivity index (χ4n) is 2.60. The maximum atomic E-state index is 11.9. The number of H-pyrrole nitrogens is 1. The third-order valence-corrected chi connectivity index (χ3v) is 3.60. The molecule has 1 aliphatic heterocycles. The Morgan fingerprint density at radius 1 is 1.50 bits per heavy atom. The van der Waals surface area contributed by atoms with Crippen molar-refractivity contribution in [2.45, 2.75) is 26.2 Å². The number of hydrogen-bond donors (Lipinski definition) is 2. The molecule has 0 bridgehead atoms. The summed E-state index contributed by atoms with van der Waals surface area (Å²) in [6.07, 6.45) is 3.24. The Bertz CT molecular complexity index is 607. The van der Waals surface area contributed by atoms with Crippen LogP contribution in [0.3, 0.4) is 0 Å². The number of rotatable bonds is 3. The van der Waals surface area contributed by atoms with Gasteiger partial charge in [-0.05, 0) is 45.2 Å². The van der Waals surface area contributed by atoms with Gasteiger partial charge in [0.15, 0.2) is 5.65 Å². The lowest BCUT2D eigenvalue weighted by molar-refractivity contribution is 0.529. The highest BCUT2D eigenvalue weighted by Crippen LogP contribution is 2.14. The van der Waals surface area contributed by atoms with Crippen molar-refractivity contribution in [3.05, 3.63) is 33.9 Å². The fourth-order valence-corrected chi connectivity index (χ4v) is 2.60. The molecule has 5 nitrogen and oxygen atoms in total. The molecule has 3 rings (SSSR count). The van der Waals surface area contributed by atoms with Crippen LogP contribution in [0, 0.1) is 12.8 Å². The summed E-state index contributed by atoms with van der Waals surface area (Å²) >= 11 is 0.